The molecule has 0 aromatic heterocycles. The predicted molar refractivity (Wildman–Crippen MR) is 55.7 cm³/mol. The number of allylic oxidation sites excluding steroid dienone is 1. The number of rotatable bonds is 0. The van der Waals surface area contributed by atoms with Crippen molar-refractivity contribution >= 4 is 5.78 Å². The Balaban J connectivity index is 2.14. The first-order valence-electron chi connectivity index (χ1n) is 5.62. The number of carbonyl (C=O) groups is 1. The van der Waals surface area contributed by atoms with Gasteiger partial charge in [0.2, 0.25) is 0 Å². The first-order valence-corrected chi connectivity index (χ1v) is 5.62. The predicted octanol–water partition coefficient (Wildman–Crippen LogP) is 1.31. The minimum Gasteiger partial charge on any atom is -0.372 e. The summed E-state index contributed by atoms with van der Waals surface area (Å²) in [5, 5.41) is 6.59. The lowest BCUT2D eigenvalue weighted by atomic mass is 10.1. The highest BCUT2D eigenvalue weighted by molar-refractivity contribution is 5.96. The van der Waals surface area contributed by atoms with Crippen molar-refractivity contribution in [3.05, 3.63) is 11.4 Å². The maximum Gasteiger partial charge on any atom is 0.162 e. The maximum absolute atomic E-state index is 11.8. The van der Waals surface area contributed by atoms with Gasteiger partial charge in [0.1, 0.15) is 5.82 Å². The molecular weight excluding hydrogens is 176 g/mol. The minimum atomic E-state index is 0.347. The topological polar surface area (TPSA) is 41.1 Å². The average molecular weight is 194 g/mol. The molecule has 0 bridgehead atoms. The summed E-state index contributed by atoms with van der Waals surface area (Å²) in [6, 6.07) is 0. The van der Waals surface area contributed by atoms with Crippen LogP contribution in [0.2, 0.25) is 0 Å². The fourth-order valence-electron chi connectivity index (χ4n) is 2.11. The average Bonchev–Trinajstić information content (AvgIpc) is 2.44. The van der Waals surface area contributed by atoms with Crippen molar-refractivity contribution in [1.82, 2.24) is 10.6 Å². The second-order valence-electron chi connectivity index (χ2n) is 4.04. The van der Waals surface area contributed by atoms with Gasteiger partial charge in [0.15, 0.2) is 5.78 Å². The molecule has 2 rings (SSSR count). The highest BCUT2D eigenvalue weighted by Gasteiger charge is 2.18. The third-order valence-corrected chi connectivity index (χ3v) is 2.93. The van der Waals surface area contributed by atoms with Gasteiger partial charge in [-0.05, 0) is 25.7 Å². The number of hydrogen-bond acceptors (Lipinski definition) is 3. The summed E-state index contributed by atoms with van der Waals surface area (Å²) in [6.45, 7) is 2.00. The Morgan fingerprint density at radius 2 is 1.57 bits per heavy atom. The number of nitrogens with one attached hydrogen (secondary N) is 2. The Labute approximate surface area is 84.9 Å². The third-order valence-electron chi connectivity index (χ3n) is 2.93. The molecular formula is C11H18N2O. The van der Waals surface area contributed by atoms with Crippen LogP contribution in [0, 0.1) is 0 Å². The van der Waals surface area contributed by atoms with Crippen molar-refractivity contribution in [2.45, 2.75) is 38.5 Å². The van der Waals surface area contributed by atoms with E-state index in [1.54, 1.807) is 0 Å². The second kappa shape index (κ2) is 4.49. The zero-order valence-electron chi connectivity index (χ0n) is 8.57. The van der Waals surface area contributed by atoms with Gasteiger partial charge in [0.05, 0.1) is 0 Å². The van der Waals surface area contributed by atoms with Crippen molar-refractivity contribution in [1.29, 1.82) is 0 Å². The molecule has 0 radical (unpaired) electrons. The Hall–Kier alpha value is -0.990. The molecule has 2 fully saturated rings. The summed E-state index contributed by atoms with van der Waals surface area (Å²) in [6.07, 6.45) is 6.26. The molecule has 1 heterocycles. The van der Waals surface area contributed by atoms with E-state index in [1.807, 2.05) is 0 Å². The van der Waals surface area contributed by atoms with Gasteiger partial charge < -0.3 is 10.6 Å². The standard InChI is InChI=1S/C11H18N2O/c14-10-6-3-1-2-5-9(10)11-12-7-4-8-13-11/h12-13H,1-8H2. The Morgan fingerprint density at radius 3 is 2.36 bits per heavy atom. The van der Waals surface area contributed by atoms with E-state index < -0.39 is 0 Å². The molecule has 0 aromatic rings. The Morgan fingerprint density at radius 1 is 0.857 bits per heavy atom. The second-order valence-corrected chi connectivity index (χ2v) is 4.04. The molecule has 0 aromatic carbocycles. The molecule has 14 heavy (non-hydrogen) atoms. The lowest BCUT2D eigenvalue weighted by Gasteiger charge is -2.22. The third kappa shape index (κ3) is 2.08. The summed E-state index contributed by atoms with van der Waals surface area (Å²) >= 11 is 0. The normalized spacial score (nSPS) is 23.9. The lowest BCUT2D eigenvalue weighted by molar-refractivity contribution is -0.115. The van der Waals surface area contributed by atoms with Crippen LogP contribution in [0.25, 0.3) is 0 Å². The van der Waals surface area contributed by atoms with Crippen LogP contribution < -0.4 is 10.6 Å². The van der Waals surface area contributed by atoms with E-state index in [0.29, 0.717) is 5.78 Å². The summed E-state index contributed by atoms with van der Waals surface area (Å²) in [5.74, 6) is 1.36. The number of ketones is 1. The van der Waals surface area contributed by atoms with E-state index in [-0.39, 0.29) is 0 Å². The molecule has 2 aliphatic rings. The van der Waals surface area contributed by atoms with E-state index >= 15 is 0 Å². The van der Waals surface area contributed by atoms with Gasteiger partial charge in [-0.25, -0.2) is 0 Å². The van der Waals surface area contributed by atoms with Crippen LogP contribution in [0.3, 0.4) is 0 Å². The van der Waals surface area contributed by atoms with Gasteiger partial charge in [0.25, 0.3) is 0 Å². The van der Waals surface area contributed by atoms with Crippen molar-refractivity contribution in [2.75, 3.05) is 13.1 Å². The summed E-state index contributed by atoms with van der Waals surface area (Å²) in [4.78, 5) is 11.8. The molecule has 0 spiro atoms. The van der Waals surface area contributed by atoms with Gasteiger partial charge in [0, 0.05) is 25.1 Å². The van der Waals surface area contributed by atoms with Crippen LogP contribution in [0.4, 0.5) is 0 Å². The van der Waals surface area contributed by atoms with E-state index in [9.17, 15) is 4.79 Å². The lowest BCUT2D eigenvalue weighted by Crippen LogP contribution is -2.37. The highest BCUT2D eigenvalue weighted by atomic mass is 16.1. The fourth-order valence-corrected chi connectivity index (χ4v) is 2.11. The van der Waals surface area contributed by atoms with Crippen LogP contribution in [-0.4, -0.2) is 18.9 Å². The van der Waals surface area contributed by atoms with Gasteiger partial charge in [-0.2, -0.15) is 0 Å². The SMILES string of the molecule is O=C1CCCCCC1=C1NCCCN1. The van der Waals surface area contributed by atoms with Crippen LogP contribution in [0.15, 0.2) is 11.4 Å². The van der Waals surface area contributed by atoms with E-state index in [2.05, 4.69) is 10.6 Å². The Kier molecular flexibility index (Phi) is 3.07. The zero-order chi connectivity index (χ0) is 9.80. The molecule has 1 saturated heterocycles. The minimum absolute atomic E-state index is 0.347. The van der Waals surface area contributed by atoms with Crippen LogP contribution in [-0.2, 0) is 4.79 Å². The number of Topliss-reactive ketones (excluding diaryl/α,β-unsaturated/α-hetero) is 1. The zero-order valence-corrected chi connectivity index (χ0v) is 8.57. The van der Waals surface area contributed by atoms with Crippen molar-refractivity contribution in [3.8, 4) is 0 Å². The van der Waals surface area contributed by atoms with Gasteiger partial charge >= 0.3 is 0 Å². The van der Waals surface area contributed by atoms with E-state index in [4.69, 9.17) is 0 Å². The molecule has 3 heteroatoms. The highest BCUT2D eigenvalue weighted by Crippen LogP contribution is 2.21. The first-order chi connectivity index (χ1) is 6.88. The monoisotopic (exact) mass is 194 g/mol. The molecule has 2 N–H and O–H groups in total. The molecule has 1 saturated carbocycles. The molecule has 1 aliphatic carbocycles. The maximum atomic E-state index is 11.8. The van der Waals surface area contributed by atoms with Gasteiger partial charge in [-0.3, -0.25) is 4.79 Å². The van der Waals surface area contributed by atoms with Gasteiger partial charge in [-0.15, -0.1) is 0 Å². The molecule has 78 valence electrons. The van der Waals surface area contributed by atoms with Crippen LogP contribution in [0.5, 0.6) is 0 Å². The van der Waals surface area contributed by atoms with Crippen LogP contribution >= 0.6 is 0 Å². The van der Waals surface area contributed by atoms with Crippen molar-refractivity contribution in [2.24, 2.45) is 0 Å². The summed E-state index contributed by atoms with van der Waals surface area (Å²) in [5.41, 5.74) is 1.02. The largest absolute Gasteiger partial charge is 0.372 e. The summed E-state index contributed by atoms with van der Waals surface area (Å²) in [7, 11) is 0. The molecule has 3 nitrogen and oxygen atoms in total. The molecule has 0 atom stereocenters. The molecule has 0 amide bonds. The fraction of sp³-hybridized carbons (Fsp3) is 0.727. The molecule has 0 unspecified atom stereocenters. The van der Waals surface area contributed by atoms with Gasteiger partial charge in [-0.1, -0.05) is 6.42 Å². The molecule has 1 aliphatic heterocycles. The van der Waals surface area contributed by atoms with E-state index in [1.165, 1.54) is 6.42 Å². The number of carbonyl (C=O) groups excluding carboxylic acids is 1. The first kappa shape index (κ1) is 9.56. The summed E-state index contributed by atoms with van der Waals surface area (Å²) < 4.78 is 0. The van der Waals surface area contributed by atoms with E-state index in [0.717, 1.165) is 56.6 Å². The van der Waals surface area contributed by atoms with Crippen molar-refractivity contribution < 1.29 is 4.79 Å². The van der Waals surface area contributed by atoms with Crippen molar-refractivity contribution in [3.63, 3.8) is 0 Å². The smallest absolute Gasteiger partial charge is 0.162 e. The quantitative estimate of drug-likeness (QED) is 0.451. The number of hydrogen-bond donors (Lipinski definition) is 2. The Bertz CT molecular complexity index is 250. The van der Waals surface area contributed by atoms with Crippen LogP contribution in [0.1, 0.15) is 38.5 Å².